The molecule has 2 atom stereocenters. The molecule has 0 amide bonds. The van der Waals surface area contributed by atoms with Gasteiger partial charge in [-0.05, 0) is 71.1 Å². The Morgan fingerprint density at radius 1 is 0.643 bits per heavy atom. The molecule has 0 N–H and O–H groups in total. The van der Waals surface area contributed by atoms with Crippen LogP contribution < -0.4 is 0 Å². The highest BCUT2D eigenvalue weighted by Gasteiger charge is 2.40. The number of carbonyl (C=O) groups excluding carboxylic acids is 2. The van der Waals surface area contributed by atoms with Crippen LogP contribution in [0.1, 0.15) is 104 Å². The quantitative estimate of drug-likeness (QED) is 0.566. The zero-order valence-corrected chi connectivity index (χ0v) is 18.2. The van der Waals surface area contributed by atoms with E-state index in [9.17, 15) is 9.59 Å². The number of ether oxygens (including phenoxy) is 2. The van der Waals surface area contributed by atoms with E-state index < -0.39 is 5.60 Å². The van der Waals surface area contributed by atoms with Gasteiger partial charge in [0.15, 0.2) is 0 Å². The lowest BCUT2D eigenvalue weighted by atomic mass is 9.73. The molecule has 3 rings (SSSR count). The topological polar surface area (TPSA) is 52.6 Å². The van der Waals surface area contributed by atoms with Crippen molar-refractivity contribution in [2.24, 2.45) is 23.7 Å². The molecule has 3 fully saturated rings. The van der Waals surface area contributed by atoms with Crippen LogP contribution in [0.25, 0.3) is 0 Å². The first-order valence-electron chi connectivity index (χ1n) is 11.8. The Bertz CT molecular complexity index is 521. The normalized spacial score (nSPS) is 32.5. The predicted molar refractivity (Wildman–Crippen MR) is 110 cm³/mol. The molecule has 0 aromatic carbocycles. The van der Waals surface area contributed by atoms with E-state index in [2.05, 4.69) is 0 Å². The van der Waals surface area contributed by atoms with Crippen molar-refractivity contribution in [3.63, 3.8) is 0 Å². The molecule has 4 heteroatoms. The second-order valence-corrected chi connectivity index (χ2v) is 10.4. The molecule has 0 saturated heterocycles. The molecule has 2 unspecified atom stereocenters. The third-order valence-electron chi connectivity index (χ3n) is 7.10. The summed E-state index contributed by atoms with van der Waals surface area (Å²) in [5, 5.41) is 0. The molecule has 0 aliphatic heterocycles. The number of rotatable bonds is 4. The second kappa shape index (κ2) is 9.63. The fourth-order valence-electron chi connectivity index (χ4n) is 5.61. The maximum atomic E-state index is 12.9. The van der Waals surface area contributed by atoms with Crippen LogP contribution in [0.5, 0.6) is 0 Å². The summed E-state index contributed by atoms with van der Waals surface area (Å²) in [6, 6.07) is 0. The molecule has 0 heterocycles. The minimum Gasteiger partial charge on any atom is -0.462 e. The Kier molecular flexibility index (Phi) is 7.44. The third-order valence-corrected chi connectivity index (χ3v) is 7.10. The smallest absolute Gasteiger partial charge is 0.310 e. The van der Waals surface area contributed by atoms with Gasteiger partial charge in [0, 0.05) is 0 Å². The summed E-state index contributed by atoms with van der Waals surface area (Å²) in [6.45, 7) is 5.64. The van der Waals surface area contributed by atoms with Gasteiger partial charge < -0.3 is 9.47 Å². The highest BCUT2D eigenvalue weighted by atomic mass is 16.6. The molecule has 0 radical (unpaired) electrons. The average Bonchev–Trinajstić information content (AvgIpc) is 2.68. The van der Waals surface area contributed by atoms with E-state index in [1.165, 1.54) is 44.9 Å². The van der Waals surface area contributed by atoms with E-state index in [0.717, 1.165) is 50.4 Å². The predicted octanol–water partition coefficient (Wildman–Crippen LogP) is 5.82. The largest absolute Gasteiger partial charge is 0.462 e. The summed E-state index contributed by atoms with van der Waals surface area (Å²) in [4.78, 5) is 25.5. The lowest BCUT2D eigenvalue weighted by Gasteiger charge is -2.36. The lowest BCUT2D eigenvalue weighted by molar-refractivity contribution is -0.173. The zero-order chi connectivity index (χ0) is 20.1. The summed E-state index contributed by atoms with van der Waals surface area (Å²) in [6.07, 6.45) is 14.9. The lowest BCUT2D eigenvalue weighted by Crippen LogP contribution is -2.39. The van der Waals surface area contributed by atoms with E-state index in [0.29, 0.717) is 0 Å². The first-order valence-corrected chi connectivity index (χ1v) is 11.8. The Hall–Kier alpha value is -1.06. The van der Waals surface area contributed by atoms with Gasteiger partial charge in [-0.2, -0.15) is 0 Å². The van der Waals surface area contributed by atoms with Crippen LogP contribution in [0.2, 0.25) is 0 Å². The van der Waals surface area contributed by atoms with Crippen molar-refractivity contribution in [2.75, 3.05) is 0 Å². The van der Waals surface area contributed by atoms with E-state index in [-0.39, 0.29) is 29.9 Å². The first-order chi connectivity index (χ1) is 13.3. The van der Waals surface area contributed by atoms with Crippen molar-refractivity contribution in [3.05, 3.63) is 0 Å². The highest BCUT2D eigenvalue weighted by Crippen LogP contribution is 2.40. The van der Waals surface area contributed by atoms with Crippen molar-refractivity contribution in [1.82, 2.24) is 0 Å². The van der Waals surface area contributed by atoms with Gasteiger partial charge in [-0.25, -0.2) is 0 Å². The summed E-state index contributed by atoms with van der Waals surface area (Å²) < 4.78 is 11.5. The van der Waals surface area contributed by atoms with Gasteiger partial charge in [0.05, 0.1) is 11.8 Å². The molecular weight excluding hydrogens is 352 g/mol. The Balaban J connectivity index is 1.49. The van der Waals surface area contributed by atoms with Crippen LogP contribution in [0.4, 0.5) is 0 Å². The molecular formula is C24H40O4. The van der Waals surface area contributed by atoms with Crippen molar-refractivity contribution in [3.8, 4) is 0 Å². The molecule has 0 aromatic rings. The van der Waals surface area contributed by atoms with Gasteiger partial charge in [-0.15, -0.1) is 0 Å². The standard InChI is InChI=1S/C24H40O4/c1-24(2,3)28-23(26)21-12-8-7-11-20(21)22(25)27-19-15-13-18(14-16-19)17-9-5-4-6-10-17/h17-21H,4-16H2,1-3H3. The maximum absolute atomic E-state index is 12.9. The second-order valence-electron chi connectivity index (χ2n) is 10.4. The van der Waals surface area contributed by atoms with Crippen LogP contribution in [0.3, 0.4) is 0 Å². The first kappa shape index (κ1) is 21.6. The number of esters is 2. The fraction of sp³-hybridized carbons (Fsp3) is 0.917. The van der Waals surface area contributed by atoms with Crippen LogP contribution in [-0.2, 0) is 19.1 Å². The number of hydrogen-bond acceptors (Lipinski definition) is 4. The van der Waals surface area contributed by atoms with E-state index in [1.807, 2.05) is 20.8 Å². The molecule has 4 nitrogen and oxygen atoms in total. The van der Waals surface area contributed by atoms with Crippen LogP contribution in [-0.4, -0.2) is 23.6 Å². The van der Waals surface area contributed by atoms with Crippen LogP contribution in [0, 0.1) is 23.7 Å². The van der Waals surface area contributed by atoms with Crippen molar-refractivity contribution in [1.29, 1.82) is 0 Å². The van der Waals surface area contributed by atoms with Gasteiger partial charge in [0.1, 0.15) is 11.7 Å². The molecule has 0 spiro atoms. The average molecular weight is 393 g/mol. The summed E-state index contributed by atoms with van der Waals surface area (Å²) in [5.74, 6) is 0.699. The maximum Gasteiger partial charge on any atom is 0.310 e. The monoisotopic (exact) mass is 392 g/mol. The third kappa shape index (κ3) is 5.97. The van der Waals surface area contributed by atoms with Crippen molar-refractivity contribution < 1.29 is 19.1 Å². The summed E-state index contributed by atoms with van der Waals surface area (Å²) in [7, 11) is 0. The Morgan fingerprint density at radius 2 is 1.14 bits per heavy atom. The van der Waals surface area contributed by atoms with E-state index >= 15 is 0 Å². The molecule has 0 aromatic heterocycles. The van der Waals surface area contributed by atoms with E-state index in [4.69, 9.17) is 9.47 Å². The number of hydrogen-bond donors (Lipinski definition) is 0. The van der Waals surface area contributed by atoms with Crippen LogP contribution in [0.15, 0.2) is 0 Å². The number of carbonyl (C=O) groups is 2. The molecule has 3 aliphatic carbocycles. The van der Waals surface area contributed by atoms with Crippen LogP contribution >= 0.6 is 0 Å². The Morgan fingerprint density at radius 3 is 1.71 bits per heavy atom. The minimum atomic E-state index is -0.513. The Labute approximate surface area is 171 Å². The van der Waals surface area contributed by atoms with Gasteiger partial charge in [0.25, 0.3) is 0 Å². The molecule has 3 aliphatic rings. The molecule has 28 heavy (non-hydrogen) atoms. The van der Waals surface area contributed by atoms with E-state index in [1.54, 1.807) is 0 Å². The molecule has 160 valence electrons. The zero-order valence-electron chi connectivity index (χ0n) is 18.2. The van der Waals surface area contributed by atoms with Gasteiger partial charge in [0.2, 0.25) is 0 Å². The summed E-state index contributed by atoms with van der Waals surface area (Å²) >= 11 is 0. The summed E-state index contributed by atoms with van der Waals surface area (Å²) in [5.41, 5.74) is -0.513. The van der Waals surface area contributed by atoms with Gasteiger partial charge >= 0.3 is 11.9 Å². The highest BCUT2D eigenvalue weighted by molar-refractivity contribution is 5.82. The molecule has 3 saturated carbocycles. The van der Waals surface area contributed by atoms with Gasteiger partial charge in [-0.1, -0.05) is 44.9 Å². The van der Waals surface area contributed by atoms with Crippen molar-refractivity contribution in [2.45, 2.75) is 116 Å². The minimum absolute atomic E-state index is 0.0496. The van der Waals surface area contributed by atoms with Gasteiger partial charge in [-0.3, -0.25) is 9.59 Å². The SMILES string of the molecule is CC(C)(C)OC(=O)C1CCCCC1C(=O)OC1CCC(C2CCCCC2)CC1. The fourth-order valence-corrected chi connectivity index (χ4v) is 5.61. The van der Waals surface area contributed by atoms with Crippen molar-refractivity contribution >= 4 is 11.9 Å². The molecule has 0 bridgehead atoms.